The van der Waals surface area contributed by atoms with Gasteiger partial charge in [0.15, 0.2) is 0 Å². The maximum Gasteiger partial charge on any atom is 0.0590 e. The van der Waals surface area contributed by atoms with E-state index in [2.05, 4.69) is 26.1 Å². The van der Waals surface area contributed by atoms with Gasteiger partial charge in [0.05, 0.1) is 11.4 Å². The second-order valence-corrected chi connectivity index (χ2v) is 5.54. The Labute approximate surface area is 110 Å². The quantitative estimate of drug-likeness (QED) is 0.731. The van der Waals surface area contributed by atoms with Crippen molar-refractivity contribution in [1.82, 2.24) is 0 Å². The minimum absolute atomic E-state index is 0.425. The molecule has 0 fully saturated rings. The van der Waals surface area contributed by atoms with E-state index in [4.69, 9.17) is 17.3 Å². The molecule has 1 atom stereocenters. The van der Waals surface area contributed by atoms with Crippen LogP contribution in [0.4, 0.5) is 11.4 Å². The van der Waals surface area contributed by atoms with Crippen molar-refractivity contribution in [2.75, 3.05) is 11.1 Å². The minimum Gasteiger partial charge on any atom is -0.397 e. The topological polar surface area (TPSA) is 38.0 Å². The molecule has 3 N–H and O–H groups in total. The molecular formula is C14H23ClN2. The van der Waals surface area contributed by atoms with Crippen molar-refractivity contribution >= 4 is 23.0 Å². The molecule has 2 nitrogen and oxygen atoms in total. The summed E-state index contributed by atoms with van der Waals surface area (Å²) in [5.74, 6) is 0.776. The second-order valence-electron chi connectivity index (χ2n) is 5.10. The number of benzene rings is 1. The summed E-state index contributed by atoms with van der Waals surface area (Å²) in [4.78, 5) is 0. The Morgan fingerprint density at radius 3 is 2.59 bits per heavy atom. The van der Waals surface area contributed by atoms with Crippen molar-refractivity contribution in [3.8, 4) is 0 Å². The number of halogens is 1. The van der Waals surface area contributed by atoms with E-state index in [9.17, 15) is 0 Å². The average molecular weight is 255 g/mol. The monoisotopic (exact) mass is 254 g/mol. The van der Waals surface area contributed by atoms with Crippen LogP contribution < -0.4 is 11.1 Å². The maximum atomic E-state index is 5.95. The Balaban J connectivity index is 2.44. The summed E-state index contributed by atoms with van der Waals surface area (Å²) in [6, 6.07) is 5.96. The molecular weight excluding hydrogens is 232 g/mol. The van der Waals surface area contributed by atoms with Crippen LogP contribution in [0, 0.1) is 5.92 Å². The summed E-state index contributed by atoms with van der Waals surface area (Å²) < 4.78 is 0. The lowest BCUT2D eigenvalue weighted by atomic mass is 10.0. The number of rotatable bonds is 6. The zero-order chi connectivity index (χ0) is 12.8. The van der Waals surface area contributed by atoms with Gasteiger partial charge in [-0.15, -0.1) is 0 Å². The SMILES string of the molecule is CC(C)CCCC(C)Nc1cc(Cl)ccc1N. The van der Waals surface area contributed by atoms with E-state index in [0.29, 0.717) is 6.04 Å². The number of nitrogens with two attached hydrogens (primary N) is 1. The number of hydrogen-bond acceptors (Lipinski definition) is 2. The number of hydrogen-bond donors (Lipinski definition) is 2. The van der Waals surface area contributed by atoms with Gasteiger partial charge in [-0.25, -0.2) is 0 Å². The van der Waals surface area contributed by atoms with E-state index < -0.39 is 0 Å². The summed E-state index contributed by atoms with van der Waals surface area (Å²) in [7, 11) is 0. The smallest absolute Gasteiger partial charge is 0.0590 e. The van der Waals surface area contributed by atoms with Crippen LogP contribution in [0.1, 0.15) is 40.0 Å². The van der Waals surface area contributed by atoms with Crippen LogP contribution in [0.15, 0.2) is 18.2 Å². The molecule has 3 heteroatoms. The largest absolute Gasteiger partial charge is 0.397 e. The van der Waals surface area contributed by atoms with Crippen molar-refractivity contribution in [2.45, 2.75) is 46.1 Å². The van der Waals surface area contributed by atoms with Crippen molar-refractivity contribution in [3.05, 3.63) is 23.2 Å². The molecule has 0 saturated heterocycles. The third-order valence-corrected chi connectivity index (χ3v) is 3.07. The highest BCUT2D eigenvalue weighted by Gasteiger charge is 2.06. The first kappa shape index (κ1) is 14.2. The molecule has 0 bridgehead atoms. The van der Waals surface area contributed by atoms with Crippen LogP contribution in [0.2, 0.25) is 5.02 Å². The lowest BCUT2D eigenvalue weighted by Gasteiger charge is -2.17. The third-order valence-electron chi connectivity index (χ3n) is 2.84. The summed E-state index contributed by atoms with van der Waals surface area (Å²) in [6.45, 7) is 6.70. The van der Waals surface area contributed by atoms with Crippen molar-refractivity contribution in [1.29, 1.82) is 0 Å². The average Bonchev–Trinajstić information content (AvgIpc) is 2.23. The fraction of sp³-hybridized carbons (Fsp3) is 0.571. The van der Waals surface area contributed by atoms with E-state index in [1.54, 1.807) is 0 Å². The summed E-state index contributed by atoms with van der Waals surface area (Å²) in [5, 5.41) is 4.13. The minimum atomic E-state index is 0.425. The molecule has 0 amide bonds. The molecule has 0 saturated carbocycles. The van der Waals surface area contributed by atoms with E-state index in [0.717, 1.165) is 28.7 Å². The van der Waals surface area contributed by atoms with Gasteiger partial charge in [0.2, 0.25) is 0 Å². The van der Waals surface area contributed by atoms with Gasteiger partial charge >= 0.3 is 0 Å². The van der Waals surface area contributed by atoms with Gasteiger partial charge in [-0.1, -0.05) is 38.3 Å². The molecule has 0 aliphatic heterocycles. The molecule has 0 aliphatic rings. The molecule has 1 aromatic carbocycles. The molecule has 96 valence electrons. The van der Waals surface area contributed by atoms with Crippen molar-refractivity contribution in [3.63, 3.8) is 0 Å². The predicted octanol–water partition coefficient (Wildman–Crippen LogP) is 4.55. The third kappa shape index (κ3) is 5.31. The Kier molecular flexibility index (Phi) is 5.63. The van der Waals surface area contributed by atoms with Crippen LogP contribution in [-0.2, 0) is 0 Å². The zero-order valence-corrected chi connectivity index (χ0v) is 11.7. The highest BCUT2D eigenvalue weighted by Crippen LogP contribution is 2.24. The first-order valence-corrected chi connectivity index (χ1v) is 6.68. The zero-order valence-electron chi connectivity index (χ0n) is 11.0. The van der Waals surface area contributed by atoms with Gasteiger partial charge in [-0.2, -0.15) is 0 Å². The van der Waals surface area contributed by atoms with Crippen LogP contribution in [-0.4, -0.2) is 6.04 Å². The lowest BCUT2D eigenvalue weighted by molar-refractivity contribution is 0.520. The lowest BCUT2D eigenvalue weighted by Crippen LogP contribution is -2.16. The van der Waals surface area contributed by atoms with E-state index >= 15 is 0 Å². The van der Waals surface area contributed by atoms with Gasteiger partial charge in [-0.3, -0.25) is 0 Å². The summed E-state index contributed by atoms with van der Waals surface area (Å²) >= 11 is 5.95. The molecule has 17 heavy (non-hydrogen) atoms. The highest BCUT2D eigenvalue weighted by atomic mass is 35.5. The first-order valence-electron chi connectivity index (χ1n) is 6.30. The van der Waals surface area contributed by atoms with E-state index in [1.807, 2.05) is 18.2 Å². The number of nitrogen functional groups attached to an aromatic ring is 1. The Morgan fingerprint density at radius 1 is 1.24 bits per heavy atom. The van der Waals surface area contributed by atoms with Gasteiger partial charge in [0, 0.05) is 11.1 Å². The van der Waals surface area contributed by atoms with Crippen LogP contribution in [0.5, 0.6) is 0 Å². The van der Waals surface area contributed by atoms with Gasteiger partial charge in [-0.05, 0) is 37.5 Å². The van der Waals surface area contributed by atoms with Crippen LogP contribution in [0.25, 0.3) is 0 Å². The molecule has 1 unspecified atom stereocenters. The highest BCUT2D eigenvalue weighted by molar-refractivity contribution is 6.31. The van der Waals surface area contributed by atoms with Gasteiger partial charge < -0.3 is 11.1 Å². The van der Waals surface area contributed by atoms with Gasteiger partial charge in [0.25, 0.3) is 0 Å². The second kappa shape index (κ2) is 6.75. The maximum absolute atomic E-state index is 5.95. The Morgan fingerprint density at radius 2 is 1.94 bits per heavy atom. The summed E-state index contributed by atoms with van der Waals surface area (Å²) in [5.41, 5.74) is 7.59. The standard InChI is InChI=1S/C14H23ClN2/c1-10(2)5-4-6-11(3)17-14-9-12(15)7-8-13(14)16/h7-11,17H,4-6,16H2,1-3H3. The fourth-order valence-corrected chi connectivity index (χ4v) is 2.00. The van der Waals surface area contributed by atoms with Crippen LogP contribution >= 0.6 is 11.6 Å². The molecule has 0 spiro atoms. The Hall–Kier alpha value is -0.890. The van der Waals surface area contributed by atoms with Crippen molar-refractivity contribution < 1.29 is 0 Å². The first-order chi connectivity index (χ1) is 7.99. The van der Waals surface area contributed by atoms with Crippen LogP contribution in [0.3, 0.4) is 0 Å². The van der Waals surface area contributed by atoms with Gasteiger partial charge in [0.1, 0.15) is 0 Å². The molecule has 0 radical (unpaired) electrons. The number of anilines is 2. The molecule has 0 aromatic heterocycles. The Bertz CT molecular complexity index is 350. The predicted molar refractivity (Wildman–Crippen MR) is 77.6 cm³/mol. The molecule has 1 rings (SSSR count). The normalized spacial score (nSPS) is 12.8. The molecule has 0 aliphatic carbocycles. The van der Waals surface area contributed by atoms with E-state index in [-0.39, 0.29) is 0 Å². The fourth-order valence-electron chi connectivity index (χ4n) is 1.82. The molecule has 0 heterocycles. The number of nitrogens with one attached hydrogen (secondary N) is 1. The van der Waals surface area contributed by atoms with Crippen molar-refractivity contribution in [2.24, 2.45) is 5.92 Å². The summed E-state index contributed by atoms with van der Waals surface area (Å²) in [6.07, 6.45) is 3.67. The van der Waals surface area contributed by atoms with E-state index in [1.165, 1.54) is 12.8 Å². The molecule has 1 aromatic rings.